The molecule has 3 nitrogen and oxygen atoms in total. The van der Waals surface area contributed by atoms with Crippen LogP contribution in [0.15, 0.2) is 10.5 Å². The maximum Gasteiger partial charge on any atom is 0.221 e. The first-order valence-corrected chi connectivity index (χ1v) is 3.93. The summed E-state index contributed by atoms with van der Waals surface area (Å²) in [5.74, 6) is 0.771. The van der Waals surface area contributed by atoms with Crippen LogP contribution in [0, 0.1) is 22.7 Å². The van der Waals surface area contributed by atoms with Gasteiger partial charge in [-0.3, -0.25) is 0 Å². The number of furan rings is 1. The fraction of sp³-hybridized carbons (Fsp3) is 0.400. The minimum absolute atomic E-state index is 0.104. The predicted molar refractivity (Wildman–Crippen MR) is 46.8 cm³/mol. The largest absolute Gasteiger partial charge is 0.449 e. The van der Waals surface area contributed by atoms with Gasteiger partial charge in [-0.2, -0.15) is 10.5 Å². The summed E-state index contributed by atoms with van der Waals surface area (Å²) in [4.78, 5) is 0. The van der Waals surface area contributed by atoms with E-state index in [2.05, 4.69) is 0 Å². The van der Waals surface area contributed by atoms with Crippen molar-refractivity contribution in [3.63, 3.8) is 0 Å². The van der Waals surface area contributed by atoms with Gasteiger partial charge >= 0.3 is 0 Å². The molecule has 0 aliphatic carbocycles. The molecular formula is C10H10N2O. The molecule has 0 amide bonds. The van der Waals surface area contributed by atoms with Crippen LogP contribution >= 0.6 is 0 Å². The van der Waals surface area contributed by atoms with E-state index < -0.39 is 0 Å². The van der Waals surface area contributed by atoms with Crippen molar-refractivity contribution in [3.05, 3.63) is 23.2 Å². The molecule has 1 aromatic heterocycles. The Morgan fingerprint density at radius 3 is 2.15 bits per heavy atom. The Balaban J connectivity index is 3.26. The van der Waals surface area contributed by atoms with Gasteiger partial charge in [0.15, 0.2) is 0 Å². The maximum absolute atomic E-state index is 8.67. The summed E-state index contributed by atoms with van der Waals surface area (Å²) in [5, 5.41) is 17.3. The SMILES string of the molecule is CC(C)(C)c1cc(C#N)c(C#N)o1. The van der Waals surface area contributed by atoms with E-state index in [4.69, 9.17) is 14.9 Å². The van der Waals surface area contributed by atoms with Crippen molar-refractivity contribution < 1.29 is 4.42 Å². The highest BCUT2D eigenvalue weighted by Gasteiger charge is 2.21. The number of nitriles is 2. The van der Waals surface area contributed by atoms with Gasteiger partial charge in [0, 0.05) is 5.41 Å². The first-order chi connectivity index (χ1) is 5.99. The Labute approximate surface area is 77.2 Å². The fourth-order valence-electron chi connectivity index (χ4n) is 0.927. The van der Waals surface area contributed by atoms with Crippen molar-refractivity contribution in [2.75, 3.05) is 0 Å². The molecule has 0 aliphatic rings. The van der Waals surface area contributed by atoms with Crippen LogP contribution in [0.5, 0.6) is 0 Å². The summed E-state index contributed by atoms with van der Waals surface area (Å²) in [6, 6.07) is 5.40. The van der Waals surface area contributed by atoms with Gasteiger partial charge in [-0.1, -0.05) is 20.8 Å². The van der Waals surface area contributed by atoms with Crippen molar-refractivity contribution in [1.29, 1.82) is 10.5 Å². The normalized spacial score (nSPS) is 10.5. The second-order valence-corrected chi connectivity index (χ2v) is 3.83. The van der Waals surface area contributed by atoms with E-state index in [0.717, 1.165) is 0 Å². The first kappa shape index (κ1) is 9.35. The summed E-state index contributed by atoms with van der Waals surface area (Å²) in [6.45, 7) is 5.90. The highest BCUT2D eigenvalue weighted by Crippen LogP contribution is 2.26. The third-order valence-electron chi connectivity index (χ3n) is 1.69. The average Bonchev–Trinajstić information content (AvgIpc) is 2.45. The van der Waals surface area contributed by atoms with Crippen LogP contribution in [-0.4, -0.2) is 0 Å². The molecule has 0 aliphatic heterocycles. The topological polar surface area (TPSA) is 60.7 Å². The molecule has 0 atom stereocenters. The number of hydrogen-bond donors (Lipinski definition) is 0. The zero-order chi connectivity index (χ0) is 10.1. The van der Waals surface area contributed by atoms with Crippen LogP contribution in [0.25, 0.3) is 0 Å². The van der Waals surface area contributed by atoms with Crippen molar-refractivity contribution in [2.24, 2.45) is 0 Å². The van der Waals surface area contributed by atoms with Crippen LogP contribution in [0.3, 0.4) is 0 Å². The molecule has 0 bridgehead atoms. The molecule has 66 valence electrons. The molecule has 0 radical (unpaired) electrons. The third-order valence-corrected chi connectivity index (χ3v) is 1.69. The number of rotatable bonds is 0. The number of hydrogen-bond acceptors (Lipinski definition) is 3. The van der Waals surface area contributed by atoms with E-state index in [1.807, 2.05) is 32.9 Å². The van der Waals surface area contributed by atoms with Gasteiger partial charge < -0.3 is 4.42 Å². The molecule has 13 heavy (non-hydrogen) atoms. The van der Waals surface area contributed by atoms with E-state index in [1.54, 1.807) is 6.07 Å². The Hall–Kier alpha value is -1.74. The Morgan fingerprint density at radius 2 is 1.85 bits per heavy atom. The standard InChI is InChI=1S/C10H10N2O/c1-10(2,3)9-4-7(5-11)8(6-12)13-9/h4H,1-3H3. The van der Waals surface area contributed by atoms with Crippen molar-refractivity contribution >= 4 is 0 Å². The third kappa shape index (κ3) is 1.71. The van der Waals surface area contributed by atoms with Crippen LogP contribution in [-0.2, 0) is 5.41 Å². The monoisotopic (exact) mass is 174 g/mol. The molecule has 0 unspecified atom stereocenters. The maximum atomic E-state index is 8.67. The van der Waals surface area contributed by atoms with Crippen LogP contribution in [0.2, 0.25) is 0 Å². The van der Waals surface area contributed by atoms with Gasteiger partial charge in [0.1, 0.15) is 23.5 Å². The summed E-state index contributed by atoms with van der Waals surface area (Å²) in [5.41, 5.74) is 0.146. The van der Waals surface area contributed by atoms with Gasteiger partial charge in [-0.05, 0) is 6.07 Å². The minimum atomic E-state index is -0.166. The van der Waals surface area contributed by atoms with E-state index in [-0.39, 0.29) is 11.2 Å². The second kappa shape index (κ2) is 2.95. The average molecular weight is 174 g/mol. The summed E-state index contributed by atoms with van der Waals surface area (Å²) < 4.78 is 5.24. The highest BCUT2D eigenvalue weighted by atomic mass is 16.3. The van der Waals surface area contributed by atoms with E-state index in [0.29, 0.717) is 11.3 Å². The van der Waals surface area contributed by atoms with Crippen LogP contribution < -0.4 is 0 Å². The van der Waals surface area contributed by atoms with E-state index in [1.165, 1.54) is 0 Å². The Bertz CT molecular complexity index is 365. The van der Waals surface area contributed by atoms with E-state index in [9.17, 15) is 0 Å². The first-order valence-electron chi connectivity index (χ1n) is 3.93. The van der Waals surface area contributed by atoms with Gasteiger partial charge in [0.05, 0.1) is 0 Å². The molecule has 1 rings (SSSR count). The van der Waals surface area contributed by atoms with Crippen molar-refractivity contribution in [2.45, 2.75) is 26.2 Å². The van der Waals surface area contributed by atoms with Crippen molar-refractivity contribution in [3.8, 4) is 12.1 Å². The lowest BCUT2D eigenvalue weighted by atomic mass is 9.93. The summed E-state index contributed by atoms with van der Waals surface area (Å²) in [6.07, 6.45) is 0. The molecule has 0 saturated carbocycles. The lowest BCUT2D eigenvalue weighted by Crippen LogP contribution is -2.09. The molecule has 1 aromatic rings. The zero-order valence-electron chi connectivity index (χ0n) is 7.88. The lowest BCUT2D eigenvalue weighted by Gasteiger charge is -2.13. The molecule has 1 heterocycles. The van der Waals surface area contributed by atoms with Gasteiger partial charge in [-0.15, -0.1) is 0 Å². The quantitative estimate of drug-likeness (QED) is 0.606. The molecule has 0 fully saturated rings. The second-order valence-electron chi connectivity index (χ2n) is 3.83. The van der Waals surface area contributed by atoms with Crippen molar-refractivity contribution in [1.82, 2.24) is 0 Å². The van der Waals surface area contributed by atoms with Gasteiger partial charge in [-0.25, -0.2) is 0 Å². The lowest BCUT2D eigenvalue weighted by molar-refractivity contribution is 0.403. The summed E-state index contributed by atoms with van der Waals surface area (Å²) >= 11 is 0. The molecule has 0 saturated heterocycles. The Morgan fingerprint density at radius 1 is 1.23 bits per heavy atom. The minimum Gasteiger partial charge on any atom is -0.449 e. The molecule has 3 heteroatoms. The van der Waals surface area contributed by atoms with Crippen LogP contribution in [0.4, 0.5) is 0 Å². The van der Waals surface area contributed by atoms with E-state index >= 15 is 0 Å². The van der Waals surface area contributed by atoms with Gasteiger partial charge in [0.2, 0.25) is 5.76 Å². The van der Waals surface area contributed by atoms with Crippen LogP contribution in [0.1, 0.15) is 37.9 Å². The number of nitrogens with zero attached hydrogens (tertiary/aromatic N) is 2. The smallest absolute Gasteiger partial charge is 0.221 e. The fourth-order valence-corrected chi connectivity index (χ4v) is 0.927. The summed E-state index contributed by atoms with van der Waals surface area (Å²) in [7, 11) is 0. The molecule has 0 aromatic carbocycles. The molecule has 0 spiro atoms. The predicted octanol–water partition coefficient (Wildman–Crippen LogP) is 2.32. The highest BCUT2D eigenvalue weighted by molar-refractivity contribution is 5.41. The zero-order valence-corrected chi connectivity index (χ0v) is 7.88. The van der Waals surface area contributed by atoms with Gasteiger partial charge in [0.25, 0.3) is 0 Å². The molecular weight excluding hydrogens is 164 g/mol. The Kier molecular flexibility index (Phi) is 2.12. The molecule has 0 N–H and O–H groups in total.